The molecule has 1 N–H and O–H groups in total. The molecule has 1 nitrogen and oxygen atoms in total. The summed E-state index contributed by atoms with van der Waals surface area (Å²) in [6.07, 6.45) is 8.08. The Labute approximate surface area is 126 Å². The molecule has 102 valence electrons. The van der Waals surface area contributed by atoms with Crippen molar-refractivity contribution in [3.05, 3.63) is 33.8 Å². The van der Waals surface area contributed by atoms with Gasteiger partial charge in [0.05, 0.1) is 0 Å². The van der Waals surface area contributed by atoms with Crippen LogP contribution in [0, 0.1) is 0 Å². The molecule has 0 amide bonds. The van der Waals surface area contributed by atoms with Crippen molar-refractivity contribution < 1.29 is 0 Å². The monoisotopic (exact) mass is 307 g/mol. The normalized spacial score (nSPS) is 17.0. The third-order valence-corrected chi connectivity index (χ3v) is 4.04. The van der Waals surface area contributed by atoms with E-state index >= 15 is 0 Å². The molecule has 0 aromatic heterocycles. The van der Waals surface area contributed by atoms with E-state index in [4.69, 9.17) is 23.2 Å². The topological polar surface area (TPSA) is 12.0 Å². The SMILES string of the molecule is Cl.Clc1ccc(CNC2CCCCCC2)c(Cl)c1. The molecule has 0 radical (unpaired) electrons. The number of nitrogens with one attached hydrogen (secondary N) is 1. The lowest BCUT2D eigenvalue weighted by Gasteiger charge is -2.16. The van der Waals surface area contributed by atoms with Crippen molar-refractivity contribution in [2.75, 3.05) is 0 Å². The molecule has 0 aliphatic heterocycles. The van der Waals surface area contributed by atoms with Gasteiger partial charge >= 0.3 is 0 Å². The zero-order chi connectivity index (χ0) is 12.1. The lowest BCUT2D eigenvalue weighted by atomic mass is 10.1. The van der Waals surface area contributed by atoms with Gasteiger partial charge in [-0.3, -0.25) is 0 Å². The van der Waals surface area contributed by atoms with Crippen LogP contribution in [-0.2, 0) is 6.54 Å². The number of hydrogen-bond acceptors (Lipinski definition) is 1. The van der Waals surface area contributed by atoms with E-state index < -0.39 is 0 Å². The Morgan fingerprint density at radius 3 is 2.33 bits per heavy atom. The molecule has 1 aromatic carbocycles. The van der Waals surface area contributed by atoms with Crippen LogP contribution in [-0.4, -0.2) is 6.04 Å². The lowest BCUT2D eigenvalue weighted by molar-refractivity contribution is 0.459. The van der Waals surface area contributed by atoms with Crippen molar-refractivity contribution in [2.24, 2.45) is 0 Å². The minimum atomic E-state index is 0. The van der Waals surface area contributed by atoms with Crippen LogP contribution in [0.25, 0.3) is 0 Å². The maximum absolute atomic E-state index is 6.16. The molecule has 1 aliphatic carbocycles. The van der Waals surface area contributed by atoms with Gasteiger partial charge < -0.3 is 5.32 Å². The van der Waals surface area contributed by atoms with Gasteiger partial charge in [0, 0.05) is 22.6 Å². The molecule has 0 saturated heterocycles. The van der Waals surface area contributed by atoms with Gasteiger partial charge in [0.15, 0.2) is 0 Å². The van der Waals surface area contributed by atoms with Crippen molar-refractivity contribution in [3.8, 4) is 0 Å². The molecule has 0 spiro atoms. The molecule has 4 heteroatoms. The van der Waals surface area contributed by atoms with E-state index in [9.17, 15) is 0 Å². The van der Waals surface area contributed by atoms with Crippen LogP contribution in [0.1, 0.15) is 44.1 Å². The first-order chi connectivity index (χ1) is 8.25. The van der Waals surface area contributed by atoms with Crippen molar-refractivity contribution >= 4 is 35.6 Å². The fraction of sp³-hybridized carbons (Fsp3) is 0.571. The largest absolute Gasteiger partial charge is 0.310 e. The molecular formula is C14H20Cl3N. The highest BCUT2D eigenvalue weighted by Gasteiger charge is 2.12. The highest BCUT2D eigenvalue weighted by molar-refractivity contribution is 6.35. The molecule has 0 heterocycles. The Bertz CT molecular complexity index is 360. The first-order valence-electron chi connectivity index (χ1n) is 6.43. The first-order valence-corrected chi connectivity index (χ1v) is 7.18. The lowest BCUT2D eigenvalue weighted by Crippen LogP contribution is -2.27. The molecule has 1 fully saturated rings. The summed E-state index contributed by atoms with van der Waals surface area (Å²) < 4.78 is 0. The number of halogens is 3. The van der Waals surface area contributed by atoms with Gasteiger partial charge in [-0.2, -0.15) is 0 Å². The Hall–Kier alpha value is 0.0500. The van der Waals surface area contributed by atoms with Gasteiger partial charge in [-0.25, -0.2) is 0 Å². The van der Waals surface area contributed by atoms with E-state index in [1.165, 1.54) is 38.5 Å². The van der Waals surface area contributed by atoms with Crippen LogP contribution >= 0.6 is 35.6 Å². The molecule has 18 heavy (non-hydrogen) atoms. The van der Waals surface area contributed by atoms with Crippen molar-refractivity contribution in [1.29, 1.82) is 0 Å². The molecule has 1 saturated carbocycles. The fourth-order valence-electron chi connectivity index (χ4n) is 2.40. The number of rotatable bonds is 3. The zero-order valence-electron chi connectivity index (χ0n) is 10.4. The Balaban J connectivity index is 0.00000162. The summed E-state index contributed by atoms with van der Waals surface area (Å²) >= 11 is 12.0. The average Bonchev–Trinajstić information content (AvgIpc) is 2.56. The van der Waals surface area contributed by atoms with Gasteiger partial charge in [-0.1, -0.05) is 55.0 Å². The summed E-state index contributed by atoms with van der Waals surface area (Å²) in [6.45, 7) is 0.848. The second kappa shape index (κ2) is 8.27. The van der Waals surface area contributed by atoms with Crippen molar-refractivity contribution in [3.63, 3.8) is 0 Å². The number of hydrogen-bond donors (Lipinski definition) is 1. The van der Waals surface area contributed by atoms with E-state index in [-0.39, 0.29) is 12.4 Å². The van der Waals surface area contributed by atoms with E-state index in [0.29, 0.717) is 11.1 Å². The summed E-state index contributed by atoms with van der Waals surface area (Å²) in [5.41, 5.74) is 1.14. The summed E-state index contributed by atoms with van der Waals surface area (Å²) in [6, 6.07) is 6.38. The molecule has 0 bridgehead atoms. The molecular weight excluding hydrogens is 289 g/mol. The Kier molecular flexibility index (Phi) is 7.40. The third-order valence-electron chi connectivity index (χ3n) is 3.45. The van der Waals surface area contributed by atoms with Crippen molar-refractivity contribution in [2.45, 2.75) is 51.1 Å². The highest BCUT2D eigenvalue weighted by atomic mass is 35.5. The van der Waals surface area contributed by atoms with Gasteiger partial charge in [0.25, 0.3) is 0 Å². The molecule has 1 aliphatic rings. The second-order valence-corrected chi connectivity index (χ2v) is 5.65. The van der Waals surface area contributed by atoms with Crippen LogP contribution in [0.4, 0.5) is 0 Å². The van der Waals surface area contributed by atoms with Gasteiger partial charge in [0.2, 0.25) is 0 Å². The van der Waals surface area contributed by atoms with Crippen LogP contribution < -0.4 is 5.32 Å². The summed E-state index contributed by atoms with van der Waals surface area (Å²) in [5.74, 6) is 0. The predicted octanol–water partition coefficient (Wildman–Crippen LogP) is 5.23. The molecule has 2 rings (SSSR count). The minimum absolute atomic E-state index is 0. The minimum Gasteiger partial charge on any atom is -0.310 e. The zero-order valence-corrected chi connectivity index (χ0v) is 12.8. The van der Waals surface area contributed by atoms with E-state index in [1.807, 2.05) is 18.2 Å². The maximum Gasteiger partial charge on any atom is 0.0465 e. The molecule has 1 aromatic rings. The van der Waals surface area contributed by atoms with Crippen LogP contribution in [0.3, 0.4) is 0 Å². The quantitative estimate of drug-likeness (QED) is 0.754. The van der Waals surface area contributed by atoms with Crippen LogP contribution in [0.5, 0.6) is 0 Å². The van der Waals surface area contributed by atoms with Gasteiger partial charge in [0.1, 0.15) is 0 Å². The summed E-state index contributed by atoms with van der Waals surface area (Å²) in [5, 5.41) is 5.08. The maximum atomic E-state index is 6.16. The summed E-state index contributed by atoms with van der Waals surface area (Å²) in [4.78, 5) is 0. The van der Waals surface area contributed by atoms with Crippen molar-refractivity contribution in [1.82, 2.24) is 5.32 Å². The standard InChI is InChI=1S/C14H19Cl2N.ClH/c15-12-8-7-11(14(16)9-12)10-17-13-5-3-1-2-4-6-13;/h7-9,13,17H,1-6,10H2;1H. The molecule has 0 atom stereocenters. The highest BCUT2D eigenvalue weighted by Crippen LogP contribution is 2.22. The van der Waals surface area contributed by atoms with E-state index in [2.05, 4.69) is 5.32 Å². The van der Waals surface area contributed by atoms with Gasteiger partial charge in [-0.05, 0) is 30.5 Å². The Morgan fingerprint density at radius 1 is 1.06 bits per heavy atom. The summed E-state index contributed by atoms with van der Waals surface area (Å²) in [7, 11) is 0. The van der Waals surface area contributed by atoms with E-state index in [0.717, 1.165) is 17.1 Å². The smallest absolute Gasteiger partial charge is 0.0465 e. The van der Waals surface area contributed by atoms with Gasteiger partial charge in [-0.15, -0.1) is 12.4 Å². The first kappa shape index (κ1) is 16.1. The Morgan fingerprint density at radius 2 is 1.72 bits per heavy atom. The van der Waals surface area contributed by atoms with Crippen LogP contribution in [0.15, 0.2) is 18.2 Å². The third kappa shape index (κ3) is 4.97. The second-order valence-electron chi connectivity index (χ2n) is 4.81. The predicted molar refractivity (Wildman–Crippen MR) is 82.0 cm³/mol. The van der Waals surface area contributed by atoms with Crippen LogP contribution in [0.2, 0.25) is 10.0 Å². The fourth-order valence-corrected chi connectivity index (χ4v) is 2.88. The van der Waals surface area contributed by atoms with E-state index in [1.54, 1.807) is 0 Å². The molecule has 0 unspecified atom stereocenters. The average molecular weight is 309 g/mol. The number of benzene rings is 1.